The van der Waals surface area contributed by atoms with Crippen molar-refractivity contribution in [3.8, 4) is 28.4 Å². The maximum Gasteiger partial charge on any atom is 0.167 e. The van der Waals surface area contributed by atoms with Gasteiger partial charge in [0.25, 0.3) is 0 Å². The zero-order valence-corrected chi connectivity index (χ0v) is 35.8. The first-order valence-electron chi connectivity index (χ1n) is 21.2. The van der Waals surface area contributed by atoms with Crippen LogP contribution in [-0.2, 0) is 19.4 Å². The molecule has 0 aromatic heterocycles. The van der Waals surface area contributed by atoms with E-state index in [0.717, 1.165) is 112 Å². The quantitative estimate of drug-likeness (QED) is 0.0713. The average Bonchev–Trinajstić information content (AvgIpc) is 3.23. The third-order valence-corrected chi connectivity index (χ3v) is 11.2. The molecule has 1 fully saturated rings. The van der Waals surface area contributed by atoms with Crippen LogP contribution in [0.4, 0.5) is 5.69 Å². The van der Waals surface area contributed by atoms with E-state index >= 15 is 0 Å². The van der Waals surface area contributed by atoms with Crippen LogP contribution >= 0.6 is 0 Å². The molecule has 0 radical (unpaired) electrons. The molecule has 0 unspecified atom stereocenters. The molecule has 4 aromatic rings. The van der Waals surface area contributed by atoms with Crippen molar-refractivity contribution in [2.45, 2.75) is 98.6 Å². The van der Waals surface area contributed by atoms with Crippen molar-refractivity contribution in [1.29, 1.82) is 0 Å². The highest BCUT2D eigenvalue weighted by molar-refractivity contribution is 5.76. The topological polar surface area (TPSA) is 60.2 Å². The third kappa shape index (κ3) is 11.3. The molecule has 4 aromatic carbocycles. The smallest absolute Gasteiger partial charge is 0.167 e. The Morgan fingerprint density at radius 3 is 2.30 bits per heavy atom. The summed E-state index contributed by atoms with van der Waals surface area (Å²) in [5.41, 5.74) is 19.9. The minimum absolute atomic E-state index is 0.399. The number of hydrogen-bond donors (Lipinski definition) is 1. The lowest BCUT2D eigenvalue weighted by atomic mass is 9.90. The predicted molar refractivity (Wildman–Crippen MR) is 243 cm³/mol. The number of benzene rings is 4. The molecule has 1 aliphatic heterocycles. The molecule has 0 saturated carbocycles. The minimum Gasteiger partial charge on any atom is -0.494 e. The van der Waals surface area contributed by atoms with E-state index in [1.165, 1.54) is 39.1 Å². The van der Waals surface area contributed by atoms with Gasteiger partial charge < -0.3 is 24.8 Å². The van der Waals surface area contributed by atoms with Gasteiger partial charge in [-0.05, 0) is 133 Å². The Labute approximate surface area is 344 Å². The number of nitrogens with zero attached hydrogens (tertiary/aromatic N) is 2. The van der Waals surface area contributed by atoms with Crippen LogP contribution in [-0.4, -0.2) is 51.4 Å². The Morgan fingerprint density at radius 2 is 1.65 bits per heavy atom. The fourth-order valence-electron chi connectivity index (χ4n) is 8.29. The first-order chi connectivity index (χ1) is 27.7. The molecule has 0 spiro atoms. The molecule has 0 atom stereocenters. The highest BCUT2D eigenvalue weighted by atomic mass is 16.5. The Hall–Kier alpha value is -4.94. The Bertz CT molecular complexity index is 1970. The summed E-state index contributed by atoms with van der Waals surface area (Å²) in [6, 6.07) is 26.9. The van der Waals surface area contributed by atoms with Crippen molar-refractivity contribution in [2.24, 2.45) is 5.73 Å². The van der Waals surface area contributed by atoms with Gasteiger partial charge in [0.15, 0.2) is 11.5 Å². The molecule has 5 rings (SSSR count). The number of aryl methyl sites for hydroxylation is 2. The number of likely N-dealkylation sites (tertiary alicyclic amines) is 1. The first-order valence-corrected chi connectivity index (χ1v) is 21.2. The van der Waals surface area contributed by atoms with E-state index in [1.54, 1.807) is 20.4 Å². The molecule has 6 heteroatoms. The lowest BCUT2D eigenvalue weighted by Crippen LogP contribution is -2.45. The van der Waals surface area contributed by atoms with Crippen LogP contribution < -0.4 is 24.8 Å². The molecule has 1 aliphatic rings. The van der Waals surface area contributed by atoms with Crippen molar-refractivity contribution >= 4 is 17.3 Å². The zero-order valence-electron chi connectivity index (χ0n) is 35.8. The number of allylic oxidation sites excluding steroid dienone is 2. The maximum atomic E-state index is 6.30. The largest absolute Gasteiger partial charge is 0.494 e. The summed E-state index contributed by atoms with van der Waals surface area (Å²) in [6.45, 7) is 19.8. The molecular formula is C51H67N3O3. The summed E-state index contributed by atoms with van der Waals surface area (Å²) in [7, 11) is 3.34. The van der Waals surface area contributed by atoms with E-state index in [-0.39, 0.29) is 0 Å². The SMILES string of the molecule is C=Cc1cc(-c2cccc(CN(c3ccc(OCCCC)cc3)C3CCN(C/C(C)=C/C(=C\N)c4cc(C)c(CCC)c(CCC)c4)CC3)c2)cc(OC)c1OC. The van der Waals surface area contributed by atoms with Crippen LogP contribution in [0.5, 0.6) is 17.2 Å². The molecule has 6 nitrogen and oxygen atoms in total. The second-order valence-electron chi connectivity index (χ2n) is 15.6. The summed E-state index contributed by atoms with van der Waals surface area (Å²) < 4.78 is 17.4. The fraction of sp³-hybridized carbons (Fsp3) is 0.412. The Balaban J connectivity index is 1.34. The van der Waals surface area contributed by atoms with Gasteiger partial charge in [0.1, 0.15) is 5.75 Å². The van der Waals surface area contributed by atoms with Crippen LogP contribution in [0, 0.1) is 6.92 Å². The summed E-state index contributed by atoms with van der Waals surface area (Å²) in [5, 5.41) is 0. The second-order valence-corrected chi connectivity index (χ2v) is 15.6. The predicted octanol–water partition coefficient (Wildman–Crippen LogP) is 11.8. The lowest BCUT2D eigenvalue weighted by Gasteiger charge is -2.40. The van der Waals surface area contributed by atoms with Gasteiger partial charge in [-0.15, -0.1) is 0 Å². The zero-order chi connectivity index (χ0) is 40.7. The van der Waals surface area contributed by atoms with E-state index in [2.05, 4.69) is 124 Å². The number of nitrogens with two attached hydrogens (primary N) is 1. The van der Waals surface area contributed by atoms with Crippen molar-refractivity contribution in [3.05, 3.63) is 131 Å². The van der Waals surface area contributed by atoms with E-state index in [1.807, 2.05) is 12.1 Å². The van der Waals surface area contributed by atoms with E-state index in [9.17, 15) is 0 Å². The van der Waals surface area contributed by atoms with Gasteiger partial charge in [-0.25, -0.2) is 0 Å². The van der Waals surface area contributed by atoms with E-state index in [0.29, 0.717) is 17.5 Å². The van der Waals surface area contributed by atoms with Crippen molar-refractivity contribution in [2.75, 3.05) is 45.4 Å². The molecule has 1 heterocycles. The monoisotopic (exact) mass is 770 g/mol. The molecule has 1 saturated heterocycles. The van der Waals surface area contributed by atoms with Crippen LogP contribution in [0.25, 0.3) is 22.8 Å². The molecule has 2 N–H and O–H groups in total. The maximum absolute atomic E-state index is 6.30. The van der Waals surface area contributed by atoms with Crippen LogP contribution in [0.3, 0.4) is 0 Å². The number of hydrogen-bond acceptors (Lipinski definition) is 6. The molecule has 57 heavy (non-hydrogen) atoms. The standard InChI is InChI=1S/C51H67N3O3/c1-9-13-27-57-48-21-19-46(20-22-48)54(36-39-17-14-18-41(30-39)44-31-40(12-4)51(56-8)50(33-44)55-7)47-23-25-53(26-24-47)35-37(5)28-45(34-52)43-29-38(6)49(16-11-3)42(32-43)15-10-2/h12,14,17-22,28-34,47H,4,9-11,13,15-16,23-27,35-36,52H2,1-3,5-8H3/b37-28+,45-34+. The van der Waals surface area contributed by atoms with E-state index < -0.39 is 0 Å². The second kappa shape index (κ2) is 21.5. The summed E-state index contributed by atoms with van der Waals surface area (Å²) in [6.07, 6.45) is 14.8. The number of piperidine rings is 1. The minimum atomic E-state index is 0.399. The van der Waals surface area contributed by atoms with Gasteiger partial charge in [-0.1, -0.05) is 94.7 Å². The van der Waals surface area contributed by atoms with Gasteiger partial charge >= 0.3 is 0 Å². The fourth-order valence-corrected chi connectivity index (χ4v) is 8.29. The van der Waals surface area contributed by atoms with Crippen molar-refractivity contribution in [3.63, 3.8) is 0 Å². The molecule has 0 aliphatic carbocycles. The average molecular weight is 770 g/mol. The van der Waals surface area contributed by atoms with Crippen LogP contribution in [0.1, 0.15) is 99.6 Å². The Kier molecular flexibility index (Phi) is 16.3. The molecule has 0 bridgehead atoms. The third-order valence-electron chi connectivity index (χ3n) is 11.2. The first kappa shape index (κ1) is 43.2. The summed E-state index contributed by atoms with van der Waals surface area (Å²) in [5.74, 6) is 2.32. The number of unbranched alkanes of at least 4 members (excludes halogenated alkanes) is 1. The number of methoxy groups -OCH3 is 2. The molecular weight excluding hydrogens is 703 g/mol. The number of rotatable bonds is 20. The number of ether oxygens (including phenoxy) is 3. The van der Waals surface area contributed by atoms with Crippen molar-refractivity contribution in [1.82, 2.24) is 4.90 Å². The normalized spacial score (nSPS) is 14.1. The van der Waals surface area contributed by atoms with Gasteiger partial charge in [-0.2, -0.15) is 0 Å². The summed E-state index contributed by atoms with van der Waals surface area (Å²) in [4.78, 5) is 5.21. The molecule has 304 valence electrons. The Morgan fingerprint density at radius 1 is 0.895 bits per heavy atom. The van der Waals surface area contributed by atoms with Crippen LogP contribution in [0.15, 0.2) is 97.2 Å². The van der Waals surface area contributed by atoms with Gasteiger partial charge in [0.05, 0.1) is 20.8 Å². The molecule has 0 amide bonds. The highest BCUT2D eigenvalue weighted by Gasteiger charge is 2.26. The number of anilines is 1. The van der Waals surface area contributed by atoms with E-state index in [4.69, 9.17) is 19.9 Å². The van der Waals surface area contributed by atoms with Gasteiger partial charge in [-0.3, -0.25) is 4.90 Å². The lowest BCUT2D eigenvalue weighted by molar-refractivity contribution is 0.223. The van der Waals surface area contributed by atoms with Crippen LogP contribution in [0.2, 0.25) is 0 Å². The van der Waals surface area contributed by atoms with Gasteiger partial charge in [0.2, 0.25) is 0 Å². The van der Waals surface area contributed by atoms with Crippen molar-refractivity contribution < 1.29 is 14.2 Å². The highest BCUT2D eigenvalue weighted by Crippen LogP contribution is 2.38. The summed E-state index contributed by atoms with van der Waals surface area (Å²) >= 11 is 0. The van der Waals surface area contributed by atoms with Gasteiger partial charge in [0, 0.05) is 49.7 Å².